The summed E-state index contributed by atoms with van der Waals surface area (Å²) in [6.45, 7) is 2.56. The second-order valence-corrected chi connectivity index (χ2v) is 6.08. The topological polar surface area (TPSA) is 80.7 Å². The smallest absolute Gasteiger partial charge is 0.263 e. The molecule has 0 aliphatic heterocycles. The molecule has 3 aromatic heterocycles. The van der Waals surface area contributed by atoms with Gasteiger partial charge in [-0.2, -0.15) is 0 Å². The highest BCUT2D eigenvalue weighted by Crippen LogP contribution is 2.25. The van der Waals surface area contributed by atoms with Crippen LogP contribution in [0.25, 0.3) is 10.8 Å². The highest BCUT2D eigenvalue weighted by atomic mass is 32.1. The Bertz CT molecular complexity index is 804. The van der Waals surface area contributed by atoms with Crippen molar-refractivity contribution in [2.75, 3.05) is 6.54 Å². The molecule has 0 aliphatic carbocycles. The van der Waals surface area contributed by atoms with Crippen LogP contribution in [0.4, 0.5) is 0 Å². The van der Waals surface area contributed by atoms with Gasteiger partial charge in [0.25, 0.3) is 5.91 Å². The van der Waals surface area contributed by atoms with E-state index in [1.54, 1.807) is 30.9 Å². The van der Waals surface area contributed by atoms with E-state index in [0.717, 1.165) is 17.7 Å². The number of aromatic nitrogens is 4. The summed E-state index contributed by atoms with van der Waals surface area (Å²) in [5.74, 6) is 0.452. The van der Waals surface area contributed by atoms with Gasteiger partial charge in [-0.05, 0) is 36.6 Å². The second-order valence-electron chi connectivity index (χ2n) is 5.08. The minimum Gasteiger partial charge on any atom is -0.351 e. The molecule has 1 amide bonds. The van der Waals surface area contributed by atoms with E-state index in [-0.39, 0.29) is 5.91 Å². The summed E-state index contributed by atoms with van der Waals surface area (Å²) in [4.78, 5) is 30.0. The van der Waals surface area contributed by atoms with Gasteiger partial charge in [0.05, 0.1) is 5.69 Å². The number of thiazole rings is 1. The van der Waals surface area contributed by atoms with E-state index in [4.69, 9.17) is 0 Å². The molecular weight excluding hydrogens is 322 g/mol. The van der Waals surface area contributed by atoms with Gasteiger partial charge in [-0.3, -0.25) is 9.78 Å². The third-order valence-electron chi connectivity index (χ3n) is 3.44. The largest absolute Gasteiger partial charge is 0.351 e. The Labute approximate surface area is 144 Å². The number of carbonyl (C=O) groups is 1. The molecule has 0 atom stereocenters. The maximum absolute atomic E-state index is 12.5. The van der Waals surface area contributed by atoms with E-state index >= 15 is 0 Å². The van der Waals surface area contributed by atoms with Gasteiger partial charge in [0.1, 0.15) is 4.88 Å². The lowest BCUT2D eigenvalue weighted by atomic mass is 10.2. The van der Waals surface area contributed by atoms with Crippen LogP contribution < -0.4 is 5.32 Å². The lowest BCUT2D eigenvalue weighted by Crippen LogP contribution is -2.25. The number of hydrogen-bond donors (Lipinski definition) is 1. The molecule has 0 spiro atoms. The Balaban J connectivity index is 1.69. The maximum atomic E-state index is 12.5. The normalized spacial score (nSPS) is 10.5. The molecule has 6 nitrogen and oxygen atoms in total. The van der Waals surface area contributed by atoms with Crippen LogP contribution in [-0.4, -0.2) is 32.4 Å². The molecule has 0 saturated heterocycles. The molecular formula is C17H17N5OS. The van der Waals surface area contributed by atoms with Gasteiger partial charge in [0, 0.05) is 31.3 Å². The lowest BCUT2D eigenvalue weighted by Gasteiger charge is -2.04. The van der Waals surface area contributed by atoms with E-state index < -0.39 is 0 Å². The van der Waals surface area contributed by atoms with Gasteiger partial charge >= 0.3 is 0 Å². The molecule has 0 saturated carbocycles. The van der Waals surface area contributed by atoms with Crippen molar-refractivity contribution in [2.24, 2.45) is 0 Å². The molecule has 3 aromatic rings. The second kappa shape index (κ2) is 7.74. The SMILES string of the molecule is CCc1nc(-c2ncccn2)sc1C(=O)NCCc1ccncc1. The van der Waals surface area contributed by atoms with E-state index in [0.29, 0.717) is 28.7 Å². The molecule has 122 valence electrons. The molecule has 7 heteroatoms. The summed E-state index contributed by atoms with van der Waals surface area (Å²) in [7, 11) is 0. The number of pyridine rings is 1. The third kappa shape index (κ3) is 3.80. The predicted molar refractivity (Wildman–Crippen MR) is 92.8 cm³/mol. The Morgan fingerprint density at radius 2 is 1.92 bits per heavy atom. The van der Waals surface area contributed by atoms with Crippen LogP contribution >= 0.6 is 11.3 Å². The number of nitrogens with one attached hydrogen (secondary N) is 1. The minimum atomic E-state index is -0.0967. The lowest BCUT2D eigenvalue weighted by molar-refractivity contribution is 0.0957. The highest BCUT2D eigenvalue weighted by molar-refractivity contribution is 7.17. The fourth-order valence-electron chi connectivity index (χ4n) is 2.22. The van der Waals surface area contributed by atoms with Crippen LogP contribution in [0.1, 0.15) is 27.9 Å². The van der Waals surface area contributed by atoms with Gasteiger partial charge in [0.2, 0.25) is 0 Å². The standard InChI is InChI=1S/C17H17N5OS/c1-2-13-14(24-17(22-13)15-19-7-3-8-20-15)16(23)21-11-6-12-4-9-18-10-5-12/h3-5,7-10H,2,6,11H2,1H3,(H,21,23). The minimum absolute atomic E-state index is 0.0967. The molecule has 1 N–H and O–H groups in total. The monoisotopic (exact) mass is 339 g/mol. The molecule has 3 heterocycles. The molecule has 0 bridgehead atoms. The number of nitrogens with zero attached hydrogens (tertiary/aromatic N) is 4. The first-order valence-corrected chi connectivity index (χ1v) is 8.53. The number of hydrogen-bond acceptors (Lipinski definition) is 6. The van der Waals surface area contributed by atoms with Gasteiger partial charge in [0.15, 0.2) is 10.8 Å². The zero-order valence-corrected chi connectivity index (χ0v) is 14.1. The van der Waals surface area contributed by atoms with Crippen molar-refractivity contribution >= 4 is 17.2 Å². The van der Waals surface area contributed by atoms with Crippen molar-refractivity contribution in [2.45, 2.75) is 19.8 Å². The molecule has 0 radical (unpaired) electrons. The molecule has 0 fully saturated rings. The number of rotatable bonds is 6. The average Bonchev–Trinajstić information content (AvgIpc) is 3.08. The summed E-state index contributed by atoms with van der Waals surface area (Å²) < 4.78 is 0. The Morgan fingerprint density at radius 1 is 1.17 bits per heavy atom. The van der Waals surface area contributed by atoms with Crippen molar-refractivity contribution in [1.82, 2.24) is 25.3 Å². The predicted octanol–water partition coefficient (Wildman–Crippen LogP) is 2.53. The van der Waals surface area contributed by atoms with Crippen molar-refractivity contribution in [3.05, 3.63) is 59.1 Å². The summed E-state index contributed by atoms with van der Waals surface area (Å²) in [6, 6.07) is 5.65. The van der Waals surface area contributed by atoms with Crippen molar-refractivity contribution in [3.63, 3.8) is 0 Å². The fraction of sp³-hybridized carbons (Fsp3) is 0.235. The molecule has 0 aliphatic rings. The molecule has 3 rings (SSSR count). The number of aryl methyl sites for hydroxylation is 1. The van der Waals surface area contributed by atoms with Gasteiger partial charge < -0.3 is 5.32 Å². The number of carbonyl (C=O) groups excluding carboxylic acids is 1. The third-order valence-corrected chi connectivity index (χ3v) is 4.54. The van der Waals surface area contributed by atoms with Crippen LogP contribution in [0.2, 0.25) is 0 Å². The summed E-state index contributed by atoms with van der Waals surface area (Å²) in [5, 5.41) is 3.63. The zero-order valence-electron chi connectivity index (χ0n) is 13.3. The van der Waals surface area contributed by atoms with E-state index in [9.17, 15) is 4.79 Å². The van der Waals surface area contributed by atoms with Gasteiger partial charge in [-0.1, -0.05) is 6.92 Å². The fourth-order valence-corrected chi connectivity index (χ4v) is 3.24. The van der Waals surface area contributed by atoms with Gasteiger partial charge in [-0.15, -0.1) is 11.3 Å². The van der Waals surface area contributed by atoms with Crippen molar-refractivity contribution in [3.8, 4) is 10.8 Å². The van der Waals surface area contributed by atoms with E-state index in [1.807, 2.05) is 19.1 Å². The van der Waals surface area contributed by atoms with Crippen LogP contribution in [0.5, 0.6) is 0 Å². The molecule has 0 unspecified atom stereocenters. The Morgan fingerprint density at radius 3 is 2.62 bits per heavy atom. The maximum Gasteiger partial charge on any atom is 0.263 e. The first kappa shape index (κ1) is 16.2. The first-order chi connectivity index (χ1) is 11.8. The van der Waals surface area contributed by atoms with E-state index in [2.05, 4.69) is 25.3 Å². The average molecular weight is 339 g/mol. The quantitative estimate of drug-likeness (QED) is 0.746. The summed E-state index contributed by atoms with van der Waals surface area (Å²) in [6.07, 6.45) is 8.30. The summed E-state index contributed by atoms with van der Waals surface area (Å²) >= 11 is 1.33. The Hall–Kier alpha value is -2.67. The number of amides is 1. The van der Waals surface area contributed by atoms with Crippen LogP contribution in [0, 0.1) is 0 Å². The van der Waals surface area contributed by atoms with Crippen LogP contribution in [0.3, 0.4) is 0 Å². The Kier molecular flexibility index (Phi) is 5.22. The van der Waals surface area contributed by atoms with Crippen LogP contribution in [0.15, 0.2) is 43.0 Å². The zero-order chi connectivity index (χ0) is 16.8. The van der Waals surface area contributed by atoms with Crippen molar-refractivity contribution < 1.29 is 4.79 Å². The molecule has 24 heavy (non-hydrogen) atoms. The first-order valence-electron chi connectivity index (χ1n) is 7.72. The van der Waals surface area contributed by atoms with Crippen molar-refractivity contribution in [1.29, 1.82) is 0 Å². The van der Waals surface area contributed by atoms with Crippen LogP contribution in [-0.2, 0) is 12.8 Å². The van der Waals surface area contributed by atoms with Gasteiger partial charge in [-0.25, -0.2) is 15.0 Å². The highest BCUT2D eigenvalue weighted by Gasteiger charge is 2.18. The molecule has 0 aromatic carbocycles. The van der Waals surface area contributed by atoms with E-state index in [1.165, 1.54) is 11.3 Å². The summed E-state index contributed by atoms with van der Waals surface area (Å²) in [5.41, 5.74) is 1.92.